The molecule has 4 aliphatic rings. The van der Waals surface area contributed by atoms with Crippen molar-refractivity contribution in [1.29, 1.82) is 0 Å². The van der Waals surface area contributed by atoms with Gasteiger partial charge in [-0.2, -0.15) is 0 Å². The van der Waals surface area contributed by atoms with Crippen molar-refractivity contribution in [3.63, 3.8) is 0 Å². The Morgan fingerprint density at radius 1 is 0.973 bits per heavy atom. The van der Waals surface area contributed by atoms with E-state index < -0.39 is 0 Å². The minimum absolute atomic E-state index is 0. The first-order valence-electron chi connectivity index (χ1n) is 14.4. The van der Waals surface area contributed by atoms with E-state index in [1.165, 1.54) is 54.9 Å². The van der Waals surface area contributed by atoms with E-state index in [0.717, 1.165) is 37.1 Å². The van der Waals surface area contributed by atoms with Crippen molar-refractivity contribution in [3.8, 4) is 0 Å². The highest BCUT2D eigenvalue weighted by molar-refractivity contribution is 5.82. The Labute approximate surface area is 232 Å². The molecule has 2 aromatic carbocycles. The van der Waals surface area contributed by atoms with Crippen molar-refractivity contribution >= 4 is 10.8 Å². The largest absolute Gasteiger partial charge is 1.00 e. The van der Waals surface area contributed by atoms with Crippen molar-refractivity contribution in [3.05, 3.63) is 78.4 Å². The first kappa shape index (κ1) is 25.4. The number of fused-ring (bicyclic) bond motifs is 6. The van der Waals surface area contributed by atoms with Gasteiger partial charge in [-0.25, -0.2) is 9.13 Å². The zero-order chi connectivity index (χ0) is 24.5. The molecule has 0 unspecified atom stereocenters. The van der Waals surface area contributed by atoms with Crippen LogP contribution in [0, 0.1) is 28.6 Å². The molecule has 3 fully saturated rings. The van der Waals surface area contributed by atoms with Gasteiger partial charge in [0.1, 0.15) is 25.0 Å². The molecule has 0 bridgehead atoms. The summed E-state index contributed by atoms with van der Waals surface area (Å²) in [5.41, 5.74) is 3.67. The van der Waals surface area contributed by atoms with Crippen LogP contribution in [0.3, 0.4) is 0 Å². The van der Waals surface area contributed by atoms with E-state index >= 15 is 0 Å². The number of hydrogen-bond acceptors (Lipinski definition) is 1. The molecule has 0 spiro atoms. The molecule has 0 saturated heterocycles. The number of aliphatic hydroxyl groups excluding tert-OH is 1. The Balaban J connectivity index is 0.00000252. The van der Waals surface area contributed by atoms with Gasteiger partial charge in [-0.15, -0.1) is 0 Å². The van der Waals surface area contributed by atoms with Gasteiger partial charge >= 0.3 is 0 Å². The number of halogens is 1. The summed E-state index contributed by atoms with van der Waals surface area (Å²) in [4.78, 5) is 0. The fourth-order valence-electron chi connectivity index (χ4n) is 9.34. The third-order valence-corrected chi connectivity index (χ3v) is 11.3. The Kier molecular flexibility index (Phi) is 6.43. The maximum absolute atomic E-state index is 10.3. The number of imidazole rings is 1. The highest BCUT2D eigenvalue weighted by atomic mass is 79.9. The minimum Gasteiger partial charge on any atom is -1.00 e. The fourth-order valence-corrected chi connectivity index (χ4v) is 9.34. The minimum atomic E-state index is -0.111. The molecule has 7 atom stereocenters. The SMILES string of the molecule is C[C@]12CC[C@H]3[C@@H](CC=C4C[C@@H](O)CC[C@@]43C)[C@@H]1CC[C@@H]2n1cc[n+](Cc2ccc3ccccc3c2)c1.[Br-]. The van der Waals surface area contributed by atoms with Crippen molar-refractivity contribution in [2.45, 2.75) is 83.9 Å². The summed E-state index contributed by atoms with van der Waals surface area (Å²) in [6.45, 7) is 6.08. The third-order valence-electron chi connectivity index (χ3n) is 11.3. The summed E-state index contributed by atoms with van der Waals surface area (Å²) in [6, 6.07) is 16.1. The molecule has 1 heterocycles. The van der Waals surface area contributed by atoms with Gasteiger partial charge in [-0.05, 0) is 96.9 Å². The lowest BCUT2D eigenvalue weighted by molar-refractivity contribution is -0.688. The van der Waals surface area contributed by atoms with Crippen molar-refractivity contribution < 1.29 is 26.7 Å². The summed E-state index contributed by atoms with van der Waals surface area (Å²) in [6.07, 6.45) is 19.2. The summed E-state index contributed by atoms with van der Waals surface area (Å²) in [7, 11) is 0. The summed E-state index contributed by atoms with van der Waals surface area (Å²) < 4.78 is 4.93. The van der Waals surface area contributed by atoms with Crippen LogP contribution in [0.2, 0.25) is 0 Å². The van der Waals surface area contributed by atoms with Crippen LogP contribution in [0.4, 0.5) is 0 Å². The van der Waals surface area contributed by atoms with Gasteiger partial charge in [0.25, 0.3) is 0 Å². The quantitative estimate of drug-likeness (QED) is 0.382. The number of benzene rings is 2. The van der Waals surface area contributed by atoms with E-state index in [4.69, 9.17) is 0 Å². The van der Waals surface area contributed by atoms with Gasteiger partial charge in [-0.3, -0.25) is 0 Å². The average molecular weight is 562 g/mol. The zero-order valence-corrected chi connectivity index (χ0v) is 23.9. The van der Waals surface area contributed by atoms with E-state index in [9.17, 15) is 5.11 Å². The maximum Gasteiger partial charge on any atom is 0.244 e. The molecule has 37 heavy (non-hydrogen) atoms. The molecule has 3 aromatic rings. The number of nitrogens with zero attached hydrogens (tertiary/aromatic N) is 2. The normalized spacial score (nSPS) is 36.7. The highest BCUT2D eigenvalue weighted by Crippen LogP contribution is 2.67. The van der Waals surface area contributed by atoms with Crippen LogP contribution < -0.4 is 21.5 Å². The molecular weight excluding hydrogens is 520 g/mol. The molecule has 1 N–H and O–H groups in total. The second kappa shape index (κ2) is 9.38. The molecule has 7 rings (SSSR count). The van der Waals surface area contributed by atoms with E-state index in [1.54, 1.807) is 5.57 Å². The summed E-state index contributed by atoms with van der Waals surface area (Å²) >= 11 is 0. The Hall–Kier alpha value is -1.91. The number of aromatic nitrogens is 2. The maximum atomic E-state index is 10.3. The Morgan fingerprint density at radius 3 is 2.68 bits per heavy atom. The van der Waals surface area contributed by atoms with Crippen LogP contribution in [0.5, 0.6) is 0 Å². The van der Waals surface area contributed by atoms with Gasteiger partial charge in [0.15, 0.2) is 0 Å². The van der Waals surface area contributed by atoms with Crippen LogP contribution in [0.15, 0.2) is 72.8 Å². The predicted octanol–water partition coefficient (Wildman–Crippen LogP) is 3.85. The van der Waals surface area contributed by atoms with Gasteiger partial charge in [0, 0.05) is 5.41 Å². The van der Waals surface area contributed by atoms with E-state index in [-0.39, 0.29) is 23.1 Å². The lowest BCUT2D eigenvalue weighted by atomic mass is 9.48. The summed E-state index contributed by atoms with van der Waals surface area (Å²) in [5.74, 6) is 2.45. The second-order valence-corrected chi connectivity index (χ2v) is 13.0. The van der Waals surface area contributed by atoms with Crippen molar-refractivity contribution in [1.82, 2.24) is 4.57 Å². The van der Waals surface area contributed by atoms with Crippen LogP contribution >= 0.6 is 0 Å². The lowest BCUT2D eigenvalue weighted by Gasteiger charge is -2.57. The van der Waals surface area contributed by atoms with Crippen LogP contribution in [-0.4, -0.2) is 15.8 Å². The fraction of sp³-hybridized carbons (Fsp3) is 0.545. The molecule has 0 amide bonds. The lowest BCUT2D eigenvalue weighted by Crippen LogP contribution is -3.00. The van der Waals surface area contributed by atoms with Gasteiger partial charge < -0.3 is 22.1 Å². The van der Waals surface area contributed by atoms with Crippen molar-refractivity contribution in [2.75, 3.05) is 0 Å². The molecule has 3 saturated carbocycles. The first-order chi connectivity index (χ1) is 17.4. The molecule has 0 aliphatic heterocycles. The Morgan fingerprint density at radius 2 is 1.81 bits per heavy atom. The first-order valence-corrected chi connectivity index (χ1v) is 14.4. The number of rotatable bonds is 3. The predicted molar refractivity (Wildman–Crippen MR) is 144 cm³/mol. The third kappa shape index (κ3) is 4.05. The highest BCUT2D eigenvalue weighted by Gasteiger charge is 2.60. The smallest absolute Gasteiger partial charge is 0.244 e. The molecule has 196 valence electrons. The van der Waals surface area contributed by atoms with E-state index in [2.05, 4.69) is 90.2 Å². The number of allylic oxidation sites excluding steroid dienone is 1. The molecule has 0 radical (unpaired) electrons. The van der Waals surface area contributed by atoms with Crippen LogP contribution in [-0.2, 0) is 6.54 Å². The monoisotopic (exact) mass is 560 g/mol. The topological polar surface area (TPSA) is 29.0 Å². The van der Waals surface area contributed by atoms with Gasteiger partial charge in [-0.1, -0.05) is 61.9 Å². The molecule has 1 aromatic heterocycles. The molecule has 4 aliphatic carbocycles. The standard InChI is InChI=1S/C33H41N2O.BrH/c1-32-15-13-27(36)20-26(32)9-10-28-29-11-12-31(33(29,2)16-14-30(28)32)35-18-17-34(22-35)21-23-7-8-24-5-3-4-6-25(24)19-23;/h3-9,17-19,22,27-31,36H,10-16,20-21H2,1-2H3;1H/q+1;/p-1/t27-,28-,29-,30-,31-,32-,33-;/m0./s1. The van der Waals surface area contributed by atoms with Gasteiger partial charge in [0.05, 0.1) is 6.10 Å². The van der Waals surface area contributed by atoms with E-state index in [0.29, 0.717) is 16.9 Å². The molecule has 3 nitrogen and oxygen atoms in total. The zero-order valence-electron chi connectivity index (χ0n) is 22.3. The van der Waals surface area contributed by atoms with Gasteiger partial charge in [0.2, 0.25) is 6.33 Å². The summed E-state index contributed by atoms with van der Waals surface area (Å²) in [5, 5.41) is 12.9. The number of hydrogen-bond donors (Lipinski definition) is 1. The van der Waals surface area contributed by atoms with E-state index in [1.807, 2.05) is 0 Å². The molecular formula is C33H41BrN2O. The Bertz CT molecular complexity index is 1330. The number of aliphatic hydroxyl groups is 1. The second-order valence-electron chi connectivity index (χ2n) is 13.0. The van der Waals surface area contributed by atoms with Crippen LogP contribution in [0.25, 0.3) is 10.8 Å². The van der Waals surface area contributed by atoms with Crippen molar-refractivity contribution in [2.24, 2.45) is 28.6 Å². The molecule has 4 heteroatoms. The van der Waals surface area contributed by atoms with Crippen LogP contribution in [0.1, 0.15) is 76.8 Å². The average Bonchev–Trinajstić information content (AvgIpc) is 3.48.